The molecule has 0 bridgehead atoms. The minimum Gasteiger partial charge on any atom is -0.248 e. The highest BCUT2D eigenvalue weighted by atomic mass is 14.9. The molecule has 0 fully saturated rings. The van der Waals surface area contributed by atoms with Gasteiger partial charge in [0.25, 0.3) is 0 Å². The SMILES string of the molecule is c1ccc(-c2cccc(-c3cc(-c4ccc5ccc6nc(-c7ccccc7)cc(-c7ccccc7)c6c5c4)nc(-c4ccccc4)n3)c2)cc1. The zero-order valence-electron chi connectivity index (χ0n) is 27.2. The molecule has 2 heterocycles. The Morgan fingerprint density at radius 3 is 1.50 bits per heavy atom. The number of fused-ring (bicyclic) bond motifs is 3. The van der Waals surface area contributed by atoms with Gasteiger partial charge in [-0.2, -0.15) is 0 Å². The van der Waals surface area contributed by atoms with Crippen LogP contribution in [0, 0.1) is 0 Å². The molecule has 0 spiro atoms. The second kappa shape index (κ2) is 12.7. The monoisotopic (exact) mass is 637 g/mol. The van der Waals surface area contributed by atoms with Gasteiger partial charge in [-0.3, -0.25) is 0 Å². The summed E-state index contributed by atoms with van der Waals surface area (Å²) in [5.41, 5.74) is 12.4. The second-order valence-corrected chi connectivity index (χ2v) is 12.5. The standard InChI is InChI=1S/C47H31N3/c1-5-14-32(15-6-1)37-22-13-23-38(28-37)44-31-45(50-47(49-44)36-20-11-4-12-21-36)39-25-24-34-26-27-42-46(40(34)29-39)41(33-16-7-2-8-17-33)30-43(48-42)35-18-9-3-10-19-35/h1-31H. The van der Waals surface area contributed by atoms with E-state index in [0.29, 0.717) is 5.82 Å². The Balaban J connectivity index is 1.26. The van der Waals surface area contributed by atoms with Crippen molar-refractivity contribution in [2.45, 2.75) is 0 Å². The van der Waals surface area contributed by atoms with E-state index in [1.54, 1.807) is 0 Å². The van der Waals surface area contributed by atoms with E-state index in [4.69, 9.17) is 15.0 Å². The van der Waals surface area contributed by atoms with Crippen molar-refractivity contribution in [2.24, 2.45) is 0 Å². The smallest absolute Gasteiger partial charge is 0.160 e. The van der Waals surface area contributed by atoms with Crippen LogP contribution in [0.5, 0.6) is 0 Å². The third-order valence-corrected chi connectivity index (χ3v) is 9.26. The minimum atomic E-state index is 0.695. The molecule has 0 amide bonds. The van der Waals surface area contributed by atoms with Gasteiger partial charge in [0.2, 0.25) is 0 Å². The van der Waals surface area contributed by atoms with Crippen LogP contribution in [0.2, 0.25) is 0 Å². The van der Waals surface area contributed by atoms with Gasteiger partial charge in [-0.05, 0) is 63.4 Å². The molecule has 0 aliphatic heterocycles. The number of benzene rings is 7. The summed E-state index contributed by atoms with van der Waals surface area (Å²) in [6, 6.07) is 65.6. The number of nitrogens with zero attached hydrogens (tertiary/aromatic N) is 3. The van der Waals surface area contributed by atoms with Crippen molar-refractivity contribution < 1.29 is 0 Å². The molecule has 0 unspecified atom stereocenters. The maximum absolute atomic E-state index is 5.20. The summed E-state index contributed by atoms with van der Waals surface area (Å²) in [6.45, 7) is 0. The molecular weight excluding hydrogens is 607 g/mol. The van der Waals surface area contributed by atoms with E-state index in [0.717, 1.165) is 77.7 Å². The summed E-state index contributed by atoms with van der Waals surface area (Å²) in [4.78, 5) is 15.5. The topological polar surface area (TPSA) is 38.7 Å². The van der Waals surface area contributed by atoms with Crippen molar-refractivity contribution in [1.29, 1.82) is 0 Å². The number of rotatable bonds is 6. The minimum absolute atomic E-state index is 0.695. The fourth-order valence-electron chi connectivity index (χ4n) is 6.76. The lowest BCUT2D eigenvalue weighted by Gasteiger charge is -2.14. The average molecular weight is 638 g/mol. The zero-order chi connectivity index (χ0) is 33.3. The molecule has 0 aliphatic carbocycles. The molecule has 0 saturated carbocycles. The summed E-state index contributed by atoms with van der Waals surface area (Å²) in [5.74, 6) is 0.695. The quantitative estimate of drug-likeness (QED) is 0.170. The lowest BCUT2D eigenvalue weighted by molar-refractivity contribution is 1.18. The number of hydrogen-bond donors (Lipinski definition) is 0. The van der Waals surface area contributed by atoms with Crippen molar-refractivity contribution >= 4 is 21.7 Å². The molecule has 50 heavy (non-hydrogen) atoms. The van der Waals surface area contributed by atoms with Gasteiger partial charge in [0.15, 0.2) is 5.82 Å². The van der Waals surface area contributed by atoms with Crippen molar-refractivity contribution in [3.63, 3.8) is 0 Å². The molecule has 9 aromatic rings. The van der Waals surface area contributed by atoms with E-state index in [-0.39, 0.29) is 0 Å². The van der Waals surface area contributed by atoms with E-state index in [2.05, 4.69) is 158 Å². The highest BCUT2D eigenvalue weighted by molar-refractivity contribution is 6.14. The fraction of sp³-hybridized carbons (Fsp3) is 0. The van der Waals surface area contributed by atoms with Crippen molar-refractivity contribution in [2.75, 3.05) is 0 Å². The first-order valence-corrected chi connectivity index (χ1v) is 16.9. The average Bonchev–Trinajstić information content (AvgIpc) is 3.21. The van der Waals surface area contributed by atoms with Gasteiger partial charge in [-0.15, -0.1) is 0 Å². The molecule has 2 aromatic heterocycles. The van der Waals surface area contributed by atoms with E-state index in [1.807, 2.05) is 30.3 Å². The van der Waals surface area contributed by atoms with Crippen LogP contribution < -0.4 is 0 Å². The van der Waals surface area contributed by atoms with Gasteiger partial charge >= 0.3 is 0 Å². The molecule has 3 heteroatoms. The van der Waals surface area contributed by atoms with E-state index < -0.39 is 0 Å². The fourth-order valence-corrected chi connectivity index (χ4v) is 6.76. The molecule has 9 rings (SSSR count). The van der Waals surface area contributed by atoms with Crippen LogP contribution in [0.1, 0.15) is 0 Å². The van der Waals surface area contributed by atoms with Crippen LogP contribution in [0.15, 0.2) is 188 Å². The predicted molar refractivity (Wildman–Crippen MR) is 207 cm³/mol. The highest BCUT2D eigenvalue weighted by Gasteiger charge is 2.16. The van der Waals surface area contributed by atoms with Gasteiger partial charge in [-0.25, -0.2) is 15.0 Å². The number of pyridine rings is 1. The van der Waals surface area contributed by atoms with Crippen molar-refractivity contribution in [3.8, 4) is 67.4 Å². The molecule has 0 N–H and O–H groups in total. The first-order valence-electron chi connectivity index (χ1n) is 16.9. The molecule has 7 aromatic carbocycles. The van der Waals surface area contributed by atoms with Crippen LogP contribution in [0.3, 0.4) is 0 Å². The molecular formula is C47H31N3. The zero-order valence-corrected chi connectivity index (χ0v) is 27.2. The van der Waals surface area contributed by atoms with E-state index >= 15 is 0 Å². The van der Waals surface area contributed by atoms with Crippen molar-refractivity contribution in [3.05, 3.63) is 188 Å². The van der Waals surface area contributed by atoms with E-state index in [9.17, 15) is 0 Å². The predicted octanol–water partition coefficient (Wildman–Crippen LogP) is 12.2. The van der Waals surface area contributed by atoms with E-state index in [1.165, 1.54) is 5.56 Å². The Morgan fingerprint density at radius 1 is 0.300 bits per heavy atom. The van der Waals surface area contributed by atoms with Crippen LogP contribution in [-0.4, -0.2) is 15.0 Å². The Kier molecular flexibility index (Phi) is 7.49. The molecule has 234 valence electrons. The maximum atomic E-state index is 5.20. The Bertz CT molecular complexity index is 2620. The van der Waals surface area contributed by atoms with Gasteiger partial charge in [-0.1, -0.05) is 158 Å². The van der Waals surface area contributed by atoms with Crippen LogP contribution in [0.25, 0.3) is 89.1 Å². The van der Waals surface area contributed by atoms with Gasteiger partial charge in [0, 0.05) is 27.6 Å². The van der Waals surface area contributed by atoms with Gasteiger partial charge in [0.1, 0.15) is 0 Å². The van der Waals surface area contributed by atoms with Gasteiger partial charge < -0.3 is 0 Å². The molecule has 0 radical (unpaired) electrons. The maximum Gasteiger partial charge on any atom is 0.160 e. The normalized spacial score (nSPS) is 11.2. The molecule has 0 aliphatic rings. The Labute approximate surface area is 291 Å². The lowest BCUT2D eigenvalue weighted by atomic mass is 9.93. The largest absolute Gasteiger partial charge is 0.248 e. The summed E-state index contributed by atoms with van der Waals surface area (Å²) >= 11 is 0. The second-order valence-electron chi connectivity index (χ2n) is 12.5. The third kappa shape index (κ3) is 5.61. The first-order chi connectivity index (χ1) is 24.8. The Hall–Kier alpha value is -6.71. The first kappa shape index (κ1) is 29.4. The van der Waals surface area contributed by atoms with Crippen LogP contribution >= 0.6 is 0 Å². The summed E-state index contributed by atoms with van der Waals surface area (Å²) in [5, 5.41) is 3.42. The summed E-state index contributed by atoms with van der Waals surface area (Å²) < 4.78 is 0. The van der Waals surface area contributed by atoms with Crippen LogP contribution in [0.4, 0.5) is 0 Å². The molecule has 3 nitrogen and oxygen atoms in total. The number of aromatic nitrogens is 3. The molecule has 0 saturated heterocycles. The van der Waals surface area contributed by atoms with Gasteiger partial charge in [0.05, 0.1) is 22.6 Å². The summed E-state index contributed by atoms with van der Waals surface area (Å²) in [7, 11) is 0. The van der Waals surface area contributed by atoms with Crippen molar-refractivity contribution in [1.82, 2.24) is 15.0 Å². The van der Waals surface area contributed by atoms with Crippen LogP contribution in [-0.2, 0) is 0 Å². The number of hydrogen-bond acceptors (Lipinski definition) is 3. The lowest BCUT2D eigenvalue weighted by Crippen LogP contribution is -1.96. The third-order valence-electron chi connectivity index (χ3n) is 9.26. The summed E-state index contributed by atoms with van der Waals surface area (Å²) in [6.07, 6.45) is 0. The highest BCUT2D eigenvalue weighted by Crippen LogP contribution is 2.38. The molecule has 0 atom stereocenters. The Morgan fingerprint density at radius 2 is 0.820 bits per heavy atom.